The number of benzene rings is 2. The molecule has 33 heavy (non-hydrogen) atoms. The van der Waals surface area contributed by atoms with E-state index in [1.165, 1.54) is 25.4 Å². The maximum atomic E-state index is 14.0. The standard InChI is InChI=1S/C25H20F2N4OS/c1-3-15(13-28)19-8-9-29-22-6-4-16(10-20(19)22)17-11-23(25(32-2)30-14-17)31-33-24-7-5-18(26)12-21(24)27/h3-14,31H,1,28H2,2H3/b15-13+. The van der Waals surface area contributed by atoms with Gasteiger partial charge in [-0.25, -0.2) is 13.8 Å². The summed E-state index contributed by atoms with van der Waals surface area (Å²) in [6.07, 6.45) is 6.63. The van der Waals surface area contributed by atoms with Crippen molar-refractivity contribution in [2.45, 2.75) is 4.90 Å². The second-order valence-corrected chi connectivity index (χ2v) is 7.82. The van der Waals surface area contributed by atoms with Crippen molar-refractivity contribution in [3.63, 3.8) is 0 Å². The topological polar surface area (TPSA) is 73.1 Å². The van der Waals surface area contributed by atoms with Crippen LogP contribution in [0.4, 0.5) is 14.5 Å². The molecule has 0 atom stereocenters. The molecule has 0 unspecified atom stereocenters. The minimum absolute atomic E-state index is 0.246. The summed E-state index contributed by atoms with van der Waals surface area (Å²) < 4.78 is 35.6. The molecule has 8 heteroatoms. The Morgan fingerprint density at radius 1 is 1.09 bits per heavy atom. The molecule has 0 saturated carbocycles. The quantitative estimate of drug-likeness (QED) is 0.252. The fourth-order valence-electron chi connectivity index (χ4n) is 3.36. The molecule has 3 N–H and O–H groups in total. The van der Waals surface area contributed by atoms with E-state index in [1.807, 2.05) is 30.3 Å². The van der Waals surface area contributed by atoms with Gasteiger partial charge in [-0.15, -0.1) is 0 Å². The summed E-state index contributed by atoms with van der Waals surface area (Å²) in [4.78, 5) is 9.06. The first-order valence-corrected chi connectivity index (χ1v) is 10.7. The maximum absolute atomic E-state index is 14.0. The minimum atomic E-state index is -0.656. The highest BCUT2D eigenvalue weighted by Crippen LogP contribution is 2.34. The van der Waals surface area contributed by atoms with Crippen LogP contribution in [-0.2, 0) is 0 Å². The van der Waals surface area contributed by atoms with Crippen LogP contribution in [0.3, 0.4) is 0 Å². The molecule has 5 nitrogen and oxygen atoms in total. The molecule has 0 radical (unpaired) electrons. The average molecular weight is 463 g/mol. The van der Waals surface area contributed by atoms with E-state index in [-0.39, 0.29) is 4.90 Å². The van der Waals surface area contributed by atoms with Crippen LogP contribution in [0.2, 0.25) is 0 Å². The van der Waals surface area contributed by atoms with Gasteiger partial charge in [0, 0.05) is 35.6 Å². The maximum Gasteiger partial charge on any atom is 0.237 e. The predicted octanol–water partition coefficient (Wildman–Crippen LogP) is 6.19. The number of methoxy groups -OCH3 is 1. The lowest BCUT2D eigenvalue weighted by atomic mass is 9.98. The van der Waals surface area contributed by atoms with Gasteiger partial charge in [-0.2, -0.15) is 0 Å². The van der Waals surface area contributed by atoms with E-state index in [2.05, 4.69) is 21.3 Å². The van der Waals surface area contributed by atoms with Crippen LogP contribution in [0.5, 0.6) is 5.88 Å². The normalized spacial score (nSPS) is 11.4. The molecule has 4 aromatic rings. The first-order valence-electron chi connectivity index (χ1n) is 9.90. The number of rotatable bonds is 7. The molecule has 0 bridgehead atoms. The number of hydrogen-bond donors (Lipinski definition) is 2. The number of nitrogens with two attached hydrogens (primary N) is 1. The highest BCUT2D eigenvalue weighted by Gasteiger charge is 2.12. The summed E-state index contributed by atoms with van der Waals surface area (Å²) in [6, 6.07) is 13.0. The third kappa shape index (κ3) is 4.65. The van der Waals surface area contributed by atoms with E-state index in [4.69, 9.17) is 10.5 Å². The van der Waals surface area contributed by atoms with Crippen molar-refractivity contribution in [3.05, 3.63) is 97.0 Å². The van der Waals surface area contributed by atoms with Gasteiger partial charge in [-0.1, -0.05) is 18.7 Å². The number of hydrogen-bond acceptors (Lipinski definition) is 6. The Labute approximate surface area is 194 Å². The van der Waals surface area contributed by atoms with E-state index in [9.17, 15) is 8.78 Å². The number of ether oxygens (including phenoxy) is 1. The van der Waals surface area contributed by atoms with E-state index in [0.717, 1.165) is 51.2 Å². The molecule has 4 rings (SSSR count). The molecule has 0 fully saturated rings. The highest BCUT2D eigenvalue weighted by atomic mass is 32.2. The zero-order chi connectivity index (χ0) is 23.4. The van der Waals surface area contributed by atoms with Crippen LogP contribution in [-0.4, -0.2) is 17.1 Å². The van der Waals surface area contributed by atoms with Gasteiger partial charge in [-0.3, -0.25) is 4.98 Å². The van der Waals surface area contributed by atoms with Gasteiger partial charge in [0.05, 0.1) is 17.5 Å². The molecule has 166 valence electrons. The van der Waals surface area contributed by atoms with Crippen LogP contribution < -0.4 is 15.2 Å². The SMILES string of the molecule is C=C/C(=C\N)c1ccnc2ccc(-c3cnc(OC)c(NSc4ccc(F)cc4F)c3)cc12. The van der Waals surface area contributed by atoms with Crippen LogP contribution >= 0.6 is 11.9 Å². The number of fused-ring (bicyclic) bond motifs is 1. The van der Waals surface area contributed by atoms with E-state index < -0.39 is 11.6 Å². The monoisotopic (exact) mass is 462 g/mol. The third-order valence-corrected chi connectivity index (χ3v) is 5.87. The second kappa shape index (κ2) is 9.70. The van der Waals surface area contributed by atoms with Gasteiger partial charge in [-0.05, 0) is 65.0 Å². The molecule has 2 aromatic carbocycles. The minimum Gasteiger partial charge on any atom is -0.480 e. The first kappa shape index (κ1) is 22.3. The lowest BCUT2D eigenvalue weighted by molar-refractivity contribution is 0.400. The Bertz CT molecular complexity index is 1370. The predicted molar refractivity (Wildman–Crippen MR) is 130 cm³/mol. The molecule has 0 aliphatic heterocycles. The molecule has 0 saturated heterocycles. The Morgan fingerprint density at radius 3 is 2.67 bits per heavy atom. The van der Waals surface area contributed by atoms with Crippen LogP contribution in [0.1, 0.15) is 5.56 Å². The summed E-state index contributed by atoms with van der Waals surface area (Å²) in [6.45, 7) is 3.83. The van der Waals surface area contributed by atoms with Crippen molar-refractivity contribution in [1.29, 1.82) is 0 Å². The number of anilines is 1. The number of aromatic nitrogens is 2. The van der Waals surface area contributed by atoms with Gasteiger partial charge in [0.15, 0.2) is 0 Å². The van der Waals surface area contributed by atoms with Gasteiger partial charge in [0.2, 0.25) is 5.88 Å². The molecule has 2 heterocycles. The summed E-state index contributed by atoms with van der Waals surface area (Å²) >= 11 is 1.00. The van der Waals surface area contributed by atoms with Crippen molar-refractivity contribution in [3.8, 4) is 17.0 Å². The average Bonchev–Trinajstić information content (AvgIpc) is 2.84. The zero-order valence-electron chi connectivity index (χ0n) is 17.7. The molecular formula is C25H20F2N4OS. The number of pyridine rings is 2. The van der Waals surface area contributed by atoms with Crippen molar-refractivity contribution in [1.82, 2.24) is 9.97 Å². The lowest BCUT2D eigenvalue weighted by Crippen LogP contribution is -1.97. The molecule has 0 spiro atoms. The van der Waals surface area contributed by atoms with E-state index in [1.54, 1.807) is 18.5 Å². The smallest absolute Gasteiger partial charge is 0.237 e. The van der Waals surface area contributed by atoms with Gasteiger partial charge >= 0.3 is 0 Å². The van der Waals surface area contributed by atoms with Crippen molar-refractivity contribution in [2.24, 2.45) is 5.73 Å². The number of nitrogens with zero attached hydrogens (tertiary/aromatic N) is 2. The Kier molecular flexibility index (Phi) is 6.55. The van der Waals surface area contributed by atoms with Gasteiger partial charge < -0.3 is 15.2 Å². The highest BCUT2D eigenvalue weighted by molar-refractivity contribution is 8.00. The van der Waals surface area contributed by atoms with Crippen LogP contribution in [0, 0.1) is 11.6 Å². The molecule has 0 aliphatic rings. The Hall–Kier alpha value is -3.91. The van der Waals surface area contributed by atoms with Crippen molar-refractivity contribution in [2.75, 3.05) is 11.8 Å². The summed E-state index contributed by atoms with van der Waals surface area (Å²) in [5.41, 5.74) is 10.6. The van der Waals surface area contributed by atoms with Crippen LogP contribution in [0.25, 0.3) is 27.6 Å². The van der Waals surface area contributed by atoms with E-state index in [0.29, 0.717) is 11.6 Å². The Balaban J connectivity index is 1.72. The van der Waals surface area contributed by atoms with E-state index >= 15 is 0 Å². The van der Waals surface area contributed by atoms with Gasteiger partial charge in [0.1, 0.15) is 17.3 Å². The molecular weight excluding hydrogens is 442 g/mol. The third-order valence-electron chi connectivity index (χ3n) is 4.99. The van der Waals surface area contributed by atoms with Crippen LogP contribution in [0.15, 0.2) is 84.7 Å². The van der Waals surface area contributed by atoms with Gasteiger partial charge in [0.25, 0.3) is 0 Å². The summed E-state index contributed by atoms with van der Waals surface area (Å²) in [7, 11) is 1.50. The zero-order valence-corrected chi connectivity index (χ0v) is 18.5. The number of allylic oxidation sites excluding steroid dienone is 2. The largest absolute Gasteiger partial charge is 0.480 e. The molecule has 0 amide bonds. The summed E-state index contributed by atoms with van der Waals surface area (Å²) in [5, 5.41) is 0.916. The second-order valence-electron chi connectivity index (χ2n) is 6.98. The molecule has 2 aromatic heterocycles. The Morgan fingerprint density at radius 2 is 1.94 bits per heavy atom. The lowest BCUT2D eigenvalue weighted by Gasteiger charge is -2.13. The first-order chi connectivity index (χ1) is 16.0. The number of halogens is 2. The van der Waals surface area contributed by atoms with Crippen molar-refractivity contribution < 1.29 is 13.5 Å². The van der Waals surface area contributed by atoms with Crippen molar-refractivity contribution >= 4 is 34.1 Å². The number of nitrogens with one attached hydrogen (secondary N) is 1. The molecule has 0 aliphatic carbocycles. The summed E-state index contributed by atoms with van der Waals surface area (Å²) in [5.74, 6) is -0.944. The fraction of sp³-hybridized carbons (Fsp3) is 0.0400. The fourth-order valence-corrected chi connectivity index (χ4v) is 4.02.